The van der Waals surface area contributed by atoms with E-state index in [0.29, 0.717) is 11.7 Å². The van der Waals surface area contributed by atoms with E-state index in [2.05, 4.69) is 0 Å². The van der Waals surface area contributed by atoms with Crippen LogP contribution >= 0.6 is 0 Å². The normalized spacial score (nSPS) is 16.6. The molecule has 1 aliphatic rings. The molecule has 2 heteroatoms. The molecule has 1 aromatic rings. The Hall–Kier alpha value is -1.31. The second-order valence-corrected chi connectivity index (χ2v) is 4.13. The molecule has 1 aliphatic carbocycles. The van der Waals surface area contributed by atoms with Gasteiger partial charge in [-0.2, -0.15) is 0 Å². The van der Waals surface area contributed by atoms with Crippen LogP contribution in [0.3, 0.4) is 0 Å². The minimum atomic E-state index is 0.311. The van der Waals surface area contributed by atoms with Gasteiger partial charge < -0.3 is 4.74 Å². The molecule has 0 heterocycles. The third kappa shape index (κ3) is 2.20. The fourth-order valence-corrected chi connectivity index (χ4v) is 2.09. The molecule has 1 saturated carbocycles. The predicted molar refractivity (Wildman–Crippen MR) is 59.5 cm³/mol. The number of hydrogen-bond acceptors (Lipinski definition) is 2. The van der Waals surface area contributed by atoms with Crippen LogP contribution in [0.15, 0.2) is 18.2 Å². The zero-order valence-corrected chi connectivity index (χ0v) is 9.03. The Morgan fingerprint density at radius 3 is 2.73 bits per heavy atom. The van der Waals surface area contributed by atoms with E-state index in [1.807, 2.05) is 25.1 Å². The highest BCUT2D eigenvalue weighted by Crippen LogP contribution is 2.27. The Morgan fingerprint density at radius 1 is 1.33 bits per heavy atom. The first-order valence-electron chi connectivity index (χ1n) is 5.52. The van der Waals surface area contributed by atoms with Crippen LogP contribution in [0.1, 0.15) is 41.6 Å². The molecule has 0 bridgehead atoms. The second kappa shape index (κ2) is 4.47. The van der Waals surface area contributed by atoms with Gasteiger partial charge in [0.1, 0.15) is 5.75 Å². The number of carbonyl (C=O) groups excluding carboxylic acids is 1. The Balaban J connectivity index is 2.19. The smallest absolute Gasteiger partial charge is 0.154 e. The van der Waals surface area contributed by atoms with Crippen molar-refractivity contribution in [3.63, 3.8) is 0 Å². The van der Waals surface area contributed by atoms with Crippen molar-refractivity contribution in [1.29, 1.82) is 0 Å². The predicted octanol–water partition coefficient (Wildman–Crippen LogP) is 3.13. The number of aryl methyl sites for hydroxylation is 1. The Kier molecular flexibility index (Phi) is 3.05. The summed E-state index contributed by atoms with van der Waals surface area (Å²) in [5, 5.41) is 0. The molecule has 0 aliphatic heterocycles. The fourth-order valence-electron chi connectivity index (χ4n) is 2.09. The topological polar surface area (TPSA) is 26.3 Å². The highest BCUT2D eigenvalue weighted by atomic mass is 16.5. The Morgan fingerprint density at radius 2 is 2.07 bits per heavy atom. The molecular weight excluding hydrogens is 188 g/mol. The number of aldehydes is 1. The molecule has 0 N–H and O–H groups in total. The van der Waals surface area contributed by atoms with Crippen LogP contribution in [-0.4, -0.2) is 12.4 Å². The Bertz CT molecular complexity index is 352. The molecule has 2 rings (SSSR count). The van der Waals surface area contributed by atoms with Crippen LogP contribution in [0.2, 0.25) is 0 Å². The van der Waals surface area contributed by atoms with Crippen molar-refractivity contribution in [2.45, 2.75) is 38.7 Å². The summed E-state index contributed by atoms with van der Waals surface area (Å²) in [6, 6.07) is 5.76. The molecule has 15 heavy (non-hydrogen) atoms. The van der Waals surface area contributed by atoms with E-state index < -0.39 is 0 Å². The molecule has 1 fully saturated rings. The number of carbonyl (C=O) groups is 1. The van der Waals surface area contributed by atoms with Gasteiger partial charge in [-0.1, -0.05) is 12.1 Å². The van der Waals surface area contributed by atoms with Crippen LogP contribution in [0, 0.1) is 6.92 Å². The summed E-state index contributed by atoms with van der Waals surface area (Å²) in [4.78, 5) is 10.9. The summed E-state index contributed by atoms with van der Waals surface area (Å²) in [6.07, 6.45) is 5.92. The Labute approximate surface area is 90.3 Å². The maximum absolute atomic E-state index is 10.9. The highest BCUT2D eigenvalue weighted by Gasteiger charge is 2.18. The molecule has 2 nitrogen and oxygen atoms in total. The van der Waals surface area contributed by atoms with E-state index in [-0.39, 0.29) is 0 Å². The van der Waals surface area contributed by atoms with Crippen molar-refractivity contribution in [3.8, 4) is 5.75 Å². The van der Waals surface area contributed by atoms with Gasteiger partial charge in [0.15, 0.2) is 6.29 Å². The van der Waals surface area contributed by atoms with Gasteiger partial charge >= 0.3 is 0 Å². The maximum Gasteiger partial charge on any atom is 0.154 e. The number of hydrogen-bond donors (Lipinski definition) is 0. The molecule has 0 saturated heterocycles. The standard InChI is InChI=1S/C13H16O2/c1-10-5-4-8-13(12(10)9-14)15-11-6-2-3-7-11/h4-5,8-9,11H,2-3,6-7H2,1H3. The van der Waals surface area contributed by atoms with Gasteiger partial charge in [0.05, 0.1) is 11.7 Å². The monoisotopic (exact) mass is 204 g/mol. The van der Waals surface area contributed by atoms with E-state index in [9.17, 15) is 4.79 Å². The number of benzene rings is 1. The van der Waals surface area contributed by atoms with Crippen molar-refractivity contribution in [2.75, 3.05) is 0 Å². The van der Waals surface area contributed by atoms with E-state index in [1.165, 1.54) is 12.8 Å². The lowest BCUT2D eigenvalue weighted by Gasteiger charge is -2.15. The summed E-state index contributed by atoms with van der Waals surface area (Å²) in [7, 11) is 0. The fraction of sp³-hybridized carbons (Fsp3) is 0.462. The molecule has 0 spiro atoms. The van der Waals surface area contributed by atoms with Gasteiger partial charge in [-0.3, -0.25) is 4.79 Å². The molecule has 0 aromatic heterocycles. The van der Waals surface area contributed by atoms with Crippen molar-refractivity contribution in [3.05, 3.63) is 29.3 Å². The van der Waals surface area contributed by atoms with Gasteiger partial charge in [-0.05, 0) is 44.2 Å². The van der Waals surface area contributed by atoms with Crippen molar-refractivity contribution in [2.24, 2.45) is 0 Å². The lowest BCUT2D eigenvalue weighted by atomic mass is 10.1. The molecule has 80 valence electrons. The zero-order chi connectivity index (χ0) is 10.7. The third-order valence-electron chi connectivity index (χ3n) is 3.00. The lowest BCUT2D eigenvalue weighted by molar-refractivity contribution is 0.111. The first kappa shape index (κ1) is 10.2. The van der Waals surface area contributed by atoms with Crippen LogP contribution in [-0.2, 0) is 0 Å². The lowest BCUT2D eigenvalue weighted by Crippen LogP contribution is -2.12. The largest absolute Gasteiger partial charge is 0.490 e. The molecule has 0 atom stereocenters. The average molecular weight is 204 g/mol. The minimum Gasteiger partial charge on any atom is -0.490 e. The first-order valence-corrected chi connectivity index (χ1v) is 5.52. The second-order valence-electron chi connectivity index (χ2n) is 4.13. The van der Waals surface area contributed by atoms with Crippen LogP contribution in [0.5, 0.6) is 5.75 Å². The average Bonchev–Trinajstić information content (AvgIpc) is 2.71. The summed E-state index contributed by atoms with van der Waals surface area (Å²) >= 11 is 0. The van der Waals surface area contributed by atoms with Crippen LogP contribution in [0.25, 0.3) is 0 Å². The highest BCUT2D eigenvalue weighted by molar-refractivity contribution is 5.81. The van der Waals surface area contributed by atoms with Crippen LogP contribution in [0.4, 0.5) is 0 Å². The maximum atomic E-state index is 10.9. The summed E-state index contributed by atoms with van der Waals surface area (Å²) in [5.41, 5.74) is 1.69. The zero-order valence-electron chi connectivity index (χ0n) is 9.03. The van der Waals surface area contributed by atoms with E-state index >= 15 is 0 Å². The molecule has 1 aromatic carbocycles. The van der Waals surface area contributed by atoms with E-state index in [1.54, 1.807) is 0 Å². The molecule has 0 radical (unpaired) electrons. The SMILES string of the molecule is Cc1cccc(OC2CCCC2)c1C=O. The molecule has 0 unspecified atom stereocenters. The van der Waals surface area contributed by atoms with Gasteiger partial charge in [0, 0.05) is 0 Å². The number of rotatable bonds is 3. The minimum absolute atomic E-state index is 0.311. The molecule has 0 amide bonds. The van der Waals surface area contributed by atoms with Crippen LogP contribution < -0.4 is 4.74 Å². The van der Waals surface area contributed by atoms with Crippen molar-refractivity contribution >= 4 is 6.29 Å². The van der Waals surface area contributed by atoms with Crippen molar-refractivity contribution < 1.29 is 9.53 Å². The van der Waals surface area contributed by atoms with E-state index in [0.717, 1.165) is 30.4 Å². The molecular formula is C13H16O2. The van der Waals surface area contributed by atoms with Gasteiger partial charge in [-0.15, -0.1) is 0 Å². The van der Waals surface area contributed by atoms with Gasteiger partial charge in [-0.25, -0.2) is 0 Å². The van der Waals surface area contributed by atoms with Gasteiger partial charge in [0.25, 0.3) is 0 Å². The summed E-state index contributed by atoms with van der Waals surface area (Å²) in [6.45, 7) is 1.94. The first-order chi connectivity index (χ1) is 7.31. The quantitative estimate of drug-likeness (QED) is 0.707. The van der Waals surface area contributed by atoms with Gasteiger partial charge in [0.2, 0.25) is 0 Å². The summed E-state index contributed by atoms with van der Waals surface area (Å²) in [5.74, 6) is 0.747. The summed E-state index contributed by atoms with van der Waals surface area (Å²) < 4.78 is 5.85. The third-order valence-corrected chi connectivity index (χ3v) is 3.00. The van der Waals surface area contributed by atoms with E-state index in [4.69, 9.17) is 4.74 Å². The van der Waals surface area contributed by atoms with Crippen molar-refractivity contribution in [1.82, 2.24) is 0 Å². The number of ether oxygens (including phenoxy) is 1.